The van der Waals surface area contributed by atoms with E-state index in [1.807, 2.05) is 0 Å². The molecule has 0 fully saturated rings. The Morgan fingerprint density at radius 2 is 2.19 bits per heavy atom. The summed E-state index contributed by atoms with van der Waals surface area (Å²) in [7, 11) is 0. The van der Waals surface area contributed by atoms with Crippen molar-refractivity contribution in [3.8, 4) is 6.07 Å². The summed E-state index contributed by atoms with van der Waals surface area (Å²) < 4.78 is 0.440. The Bertz CT molecular complexity index is 493. The van der Waals surface area contributed by atoms with Gasteiger partial charge in [0, 0.05) is 22.2 Å². The first-order valence-corrected chi connectivity index (χ1v) is 5.14. The van der Waals surface area contributed by atoms with E-state index in [1.54, 1.807) is 6.07 Å². The van der Waals surface area contributed by atoms with Gasteiger partial charge < -0.3 is 0 Å². The molecular weight excluding hydrogens is 276 g/mol. The number of nitro groups is 1. The van der Waals surface area contributed by atoms with Crippen LogP contribution in [0.3, 0.4) is 0 Å². The van der Waals surface area contributed by atoms with Crippen LogP contribution in [0.25, 0.3) is 0 Å². The minimum atomic E-state index is -0.811. The molecule has 0 aliphatic rings. The molecule has 0 aliphatic carbocycles. The number of Topliss-reactive ketones (excluding diaryl/α,β-unsaturated/α-hetero) is 1. The second-order valence-corrected chi connectivity index (χ2v) is 4.09. The van der Waals surface area contributed by atoms with E-state index >= 15 is 0 Å². The number of hydrogen-bond acceptors (Lipinski definition) is 4. The van der Waals surface area contributed by atoms with Crippen LogP contribution in [0.4, 0.5) is 5.69 Å². The van der Waals surface area contributed by atoms with Gasteiger partial charge in [-0.15, -0.1) is 0 Å². The maximum absolute atomic E-state index is 11.6. The van der Waals surface area contributed by atoms with Gasteiger partial charge in [-0.3, -0.25) is 14.9 Å². The van der Waals surface area contributed by atoms with Crippen molar-refractivity contribution in [2.45, 2.75) is 6.92 Å². The number of ketones is 1. The van der Waals surface area contributed by atoms with E-state index < -0.39 is 16.6 Å². The molecule has 0 bridgehead atoms. The number of rotatable bonds is 3. The lowest BCUT2D eigenvalue weighted by molar-refractivity contribution is -0.385. The minimum Gasteiger partial charge on any atom is -0.293 e. The second-order valence-electron chi connectivity index (χ2n) is 3.17. The average Bonchev–Trinajstić information content (AvgIpc) is 2.26. The molecule has 0 aromatic heterocycles. The Morgan fingerprint density at radius 1 is 1.56 bits per heavy atom. The van der Waals surface area contributed by atoms with Crippen LogP contribution in [0.2, 0.25) is 0 Å². The zero-order valence-electron chi connectivity index (χ0n) is 8.31. The Hall–Kier alpha value is -1.74. The summed E-state index contributed by atoms with van der Waals surface area (Å²) >= 11 is 3.08. The fourth-order valence-corrected chi connectivity index (χ4v) is 1.61. The molecule has 0 radical (unpaired) electrons. The molecule has 0 N–H and O–H groups in total. The SMILES string of the molecule is CC(C#N)C(=O)c1cc(Br)cc([N+](=O)[O-])c1. The summed E-state index contributed by atoms with van der Waals surface area (Å²) in [4.78, 5) is 21.6. The van der Waals surface area contributed by atoms with Crippen molar-refractivity contribution < 1.29 is 9.72 Å². The molecule has 1 atom stereocenters. The summed E-state index contributed by atoms with van der Waals surface area (Å²) in [6.07, 6.45) is 0. The van der Waals surface area contributed by atoms with Crippen molar-refractivity contribution in [3.63, 3.8) is 0 Å². The van der Waals surface area contributed by atoms with Gasteiger partial charge in [-0.2, -0.15) is 5.26 Å². The van der Waals surface area contributed by atoms with Crippen molar-refractivity contribution in [3.05, 3.63) is 38.3 Å². The summed E-state index contributed by atoms with van der Waals surface area (Å²) in [5.74, 6) is -1.24. The van der Waals surface area contributed by atoms with Gasteiger partial charge in [-0.25, -0.2) is 0 Å². The zero-order valence-corrected chi connectivity index (χ0v) is 9.89. The van der Waals surface area contributed by atoms with E-state index in [9.17, 15) is 14.9 Å². The number of halogens is 1. The van der Waals surface area contributed by atoms with Crippen LogP contribution in [0.15, 0.2) is 22.7 Å². The predicted octanol–water partition coefficient (Wildman–Crippen LogP) is 2.70. The minimum absolute atomic E-state index is 0.162. The lowest BCUT2D eigenvalue weighted by atomic mass is 10.0. The van der Waals surface area contributed by atoms with Crippen molar-refractivity contribution in [1.29, 1.82) is 5.26 Å². The highest BCUT2D eigenvalue weighted by Gasteiger charge is 2.18. The largest absolute Gasteiger partial charge is 0.293 e. The highest BCUT2D eigenvalue weighted by atomic mass is 79.9. The molecule has 0 heterocycles. The molecule has 0 saturated heterocycles. The third-order valence-corrected chi connectivity index (χ3v) is 2.42. The normalized spacial score (nSPS) is 11.6. The molecule has 0 spiro atoms. The van der Waals surface area contributed by atoms with Crippen molar-refractivity contribution in [1.82, 2.24) is 0 Å². The lowest BCUT2D eigenvalue weighted by Gasteiger charge is -2.02. The summed E-state index contributed by atoms with van der Waals surface area (Å²) in [6, 6.07) is 5.73. The average molecular weight is 283 g/mol. The second kappa shape index (κ2) is 4.86. The number of nitrogens with zero attached hydrogens (tertiary/aromatic N) is 2. The molecular formula is C10H7BrN2O3. The van der Waals surface area contributed by atoms with Gasteiger partial charge in [0.15, 0.2) is 5.78 Å². The van der Waals surface area contributed by atoms with Crippen LogP contribution in [-0.4, -0.2) is 10.7 Å². The van der Waals surface area contributed by atoms with Crippen LogP contribution in [0, 0.1) is 27.4 Å². The maximum Gasteiger partial charge on any atom is 0.271 e. The van der Waals surface area contributed by atoms with Crippen LogP contribution in [0.5, 0.6) is 0 Å². The number of benzene rings is 1. The number of nitro benzene ring substituents is 1. The van der Waals surface area contributed by atoms with Crippen LogP contribution in [-0.2, 0) is 0 Å². The van der Waals surface area contributed by atoms with Gasteiger partial charge in [-0.1, -0.05) is 15.9 Å². The Labute approximate surface area is 100.0 Å². The molecule has 6 heteroatoms. The van der Waals surface area contributed by atoms with E-state index in [0.29, 0.717) is 4.47 Å². The molecule has 1 aromatic rings. The molecule has 82 valence electrons. The van der Waals surface area contributed by atoms with Crippen molar-refractivity contribution in [2.75, 3.05) is 0 Å². The monoisotopic (exact) mass is 282 g/mol. The number of hydrogen-bond donors (Lipinski definition) is 0. The Kier molecular flexibility index (Phi) is 3.74. The number of non-ortho nitro benzene ring substituents is 1. The van der Waals surface area contributed by atoms with E-state index in [2.05, 4.69) is 15.9 Å². The van der Waals surface area contributed by atoms with Gasteiger partial charge in [0.2, 0.25) is 0 Å². The van der Waals surface area contributed by atoms with Crippen LogP contribution < -0.4 is 0 Å². The predicted molar refractivity (Wildman–Crippen MR) is 59.9 cm³/mol. The summed E-state index contributed by atoms with van der Waals surface area (Å²) in [5, 5.41) is 19.2. The molecule has 0 amide bonds. The first-order valence-electron chi connectivity index (χ1n) is 4.34. The van der Waals surface area contributed by atoms with E-state index in [4.69, 9.17) is 5.26 Å². The summed E-state index contributed by atoms with van der Waals surface area (Å²) in [5.41, 5.74) is -0.0158. The third kappa shape index (κ3) is 2.64. The molecule has 5 nitrogen and oxygen atoms in total. The lowest BCUT2D eigenvalue weighted by Crippen LogP contribution is -2.09. The number of nitriles is 1. The van der Waals surface area contributed by atoms with Gasteiger partial charge in [0.25, 0.3) is 5.69 Å². The van der Waals surface area contributed by atoms with Gasteiger partial charge in [0.1, 0.15) is 5.92 Å². The van der Waals surface area contributed by atoms with E-state index in [0.717, 1.165) is 0 Å². The maximum atomic E-state index is 11.6. The molecule has 1 rings (SSSR count). The summed E-state index contributed by atoms with van der Waals surface area (Å²) in [6.45, 7) is 1.45. The third-order valence-electron chi connectivity index (χ3n) is 1.96. The molecule has 16 heavy (non-hydrogen) atoms. The highest BCUT2D eigenvalue weighted by molar-refractivity contribution is 9.10. The molecule has 0 aliphatic heterocycles. The van der Waals surface area contributed by atoms with Crippen LogP contribution >= 0.6 is 15.9 Å². The fourth-order valence-electron chi connectivity index (χ4n) is 1.13. The first kappa shape index (κ1) is 12.3. The number of carbonyl (C=O) groups excluding carboxylic acids is 1. The van der Waals surface area contributed by atoms with Gasteiger partial charge in [-0.05, 0) is 13.0 Å². The Morgan fingerprint density at radius 3 is 2.69 bits per heavy atom. The zero-order chi connectivity index (χ0) is 12.3. The molecule has 0 saturated carbocycles. The fraction of sp³-hybridized carbons (Fsp3) is 0.200. The number of carbonyl (C=O) groups is 1. The first-order chi connectivity index (χ1) is 7.45. The smallest absolute Gasteiger partial charge is 0.271 e. The molecule has 1 unspecified atom stereocenters. The Balaban J connectivity index is 3.21. The van der Waals surface area contributed by atoms with Crippen molar-refractivity contribution >= 4 is 27.4 Å². The van der Waals surface area contributed by atoms with Gasteiger partial charge >= 0.3 is 0 Å². The van der Waals surface area contributed by atoms with E-state index in [-0.39, 0.29) is 11.3 Å². The van der Waals surface area contributed by atoms with E-state index in [1.165, 1.54) is 25.1 Å². The molecule has 1 aromatic carbocycles. The topological polar surface area (TPSA) is 84.0 Å². The van der Waals surface area contributed by atoms with Crippen molar-refractivity contribution in [2.24, 2.45) is 5.92 Å². The highest BCUT2D eigenvalue weighted by Crippen LogP contribution is 2.23. The standard InChI is InChI=1S/C10H7BrN2O3/c1-6(5-12)10(14)7-2-8(11)4-9(3-7)13(15)16/h2-4,6H,1H3. The van der Waals surface area contributed by atoms with Crippen LogP contribution in [0.1, 0.15) is 17.3 Å². The van der Waals surface area contributed by atoms with Gasteiger partial charge in [0.05, 0.1) is 11.0 Å². The quantitative estimate of drug-likeness (QED) is 0.485.